The van der Waals surface area contributed by atoms with E-state index < -0.39 is 66.1 Å². The van der Waals surface area contributed by atoms with Gasteiger partial charge in [-0.05, 0) is 59.2 Å². The standard InChI is InChI=1S/C24H37O12PS/c1-14(2)30-17-18-20(33-23(3,4)31-18)22(21-19(17)32-24(5,6)34-21)36-37(25,28-7)35-16-11-9-15(10-12-16)13-29-38(8,26)27/h9-12,14,17-22H,13H2,1-8H3/t17-,18-,19+,20-,21-,22-,37?/m1/s1. The summed E-state index contributed by atoms with van der Waals surface area (Å²) in [6, 6.07) is 6.17. The molecule has 0 bridgehead atoms. The molecule has 2 heterocycles. The van der Waals surface area contributed by atoms with Gasteiger partial charge in [-0.25, -0.2) is 4.57 Å². The van der Waals surface area contributed by atoms with Crippen LogP contribution in [0.15, 0.2) is 24.3 Å². The van der Waals surface area contributed by atoms with E-state index in [4.69, 9.17) is 41.4 Å². The molecule has 3 aliphatic rings. The van der Waals surface area contributed by atoms with Crippen molar-refractivity contribution in [1.82, 2.24) is 0 Å². The highest BCUT2D eigenvalue weighted by Crippen LogP contribution is 2.55. The fourth-order valence-corrected chi connectivity index (χ4v) is 6.29. The van der Waals surface area contributed by atoms with Crippen molar-refractivity contribution in [1.29, 1.82) is 0 Å². The van der Waals surface area contributed by atoms with Crippen molar-refractivity contribution in [3.63, 3.8) is 0 Å². The molecular weight excluding hydrogens is 543 g/mol. The second-order valence-corrected chi connectivity index (χ2v) is 14.0. The molecule has 7 atom stereocenters. The fraction of sp³-hybridized carbons (Fsp3) is 0.750. The van der Waals surface area contributed by atoms with Crippen molar-refractivity contribution in [2.75, 3.05) is 13.4 Å². The molecule has 216 valence electrons. The Hall–Kier alpha value is -1.12. The smallest absolute Gasteiger partial charge is 0.404 e. The van der Waals surface area contributed by atoms with E-state index in [1.165, 1.54) is 19.2 Å². The number of ether oxygens (including phenoxy) is 5. The number of hydrogen-bond donors (Lipinski definition) is 0. The molecule has 0 amide bonds. The molecule has 2 saturated heterocycles. The summed E-state index contributed by atoms with van der Waals surface area (Å²) >= 11 is 0. The molecule has 1 aromatic rings. The van der Waals surface area contributed by atoms with Crippen molar-refractivity contribution in [2.45, 2.75) is 102 Å². The van der Waals surface area contributed by atoms with Crippen LogP contribution < -0.4 is 4.52 Å². The van der Waals surface area contributed by atoms with Crippen molar-refractivity contribution >= 4 is 17.9 Å². The molecule has 14 heteroatoms. The Labute approximate surface area is 223 Å². The van der Waals surface area contributed by atoms with Crippen molar-refractivity contribution in [2.24, 2.45) is 0 Å². The number of phosphoric acid groups is 1. The van der Waals surface area contributed by atoms with Gasteiger partial charge in [-0.1, -0.05) is 12.1 Å². The molecule has 3 fully saturated rings. The largest absolute Gasteiger partial charge is 0.530 e. The van der Waals surface area contributed by atoms with Crippen LogP contribution in [-0.4, -0.2) is 76.1 Å². The van der Waals surface area contributed by atoms with Gasteiger partial charge in [0.2, 0.25) is 0 Å². The average Bonchev–Trinajstić information content (AvgIpc) is 3.29. The molecule has 1 saturated carbocycles. The van der Waals surface area contributed by atoms with Gasteiger partial charge in [-0.3, -0.25) is 13.2 Å². The fourth-order valence-electron chi connectivity index (χ4n) is 4.82. The number of benzene rings is 1. The summed E-state index contributed by atoms with van der Waals surface area (Å²) in [6.45, 7) is 10.8. The van der Waals surface area contributed by atoms with E-state index in [-0.39, 0.29) is 18.5 Å². The normalized spacial score (nSPS) is 33.5. The molecule has 2 aliphatic heterocycles. The molecule has 12 nitrogen and oxygen atoms in total. The number of hydrogen-bond acceptors (Lipinski definition) is 12. The van der Waals surface area contributed by atoms with E-state index >= 15 is 0 Å². The van der Waals surface area contributed by atoms with Gasteiger partial charge in [0, 0.05) is 7.11 Å². The van der Waals surface area contributed by atoms with Crippen molar-refractivity contribution in [3.05, 3.63) is 29.8 Å². The van der Waals surface area contributed by atoms with E-state index in [2.05, 4.69) is 0 Å². The van der Waals surface area contributed by atoms with E-state index in [9.17, 15) is 13.0 Å². The summed E-state index contributed by atoms with van der Waals surface area (Å²) in [6.07, 6.45) is -3.30. The van der Waals surface area contributed by atoms with Gasteiger partial charge in [0.25, 0.3) is 10.1 Å². The Bertz CT molecular complexity index is 1100. The Balaban J connectivity index is 1.57. The zero-order valence-electron chi connectivity index (χ0n) is 22.8. The predicted octanol–water partition coefficient (Wildman–Crippen LogP) is 3.53. The molecule has 1 aliphatic carbocycles. The quantitative estimate of drug-likeness (QED) is 0.296. The van der Waals surface area contributed by atoms with Crippen molar-refractivity contribution in [3.8, 4) is 5.75 Å². The minimum atomic E-state index is -4.22. The minimum Gasteiger partial charge on any atom is -0.404 e. The van der Waals surface area contributed by atoms with Crippen LogP contribution in [0.4, 0.5) is 0 Å². The molecule has 0 radical (unpaired) electrons. The summed E-state index contributed by atoms with van der Waals surface area (Å²) in [5.41, 5.74) is 0.572. The van der Waals surface area contributed by atoms with Gasteiger partial charge in [0.15, 0.2) is 11.6 Å². The lowest BCUT2D eigenvalue weighted by Gasteiger charge is -2.43. The van der Waals surface area contributed by atoms with Crippen LogP contribution in [0.5, 0.6) is 5.75 Å². The SMILES string of the molecule is COP(=O)(Oc1ccc(COS(C)(=O)=O)cc1)O[C@@H]1[C@@H]2OC(C)(C)O[C@@H]2[C@@H](OC(C)C)[C@@H]2OC(C)(C)O[C@H]21. The van der Waals surface area contributed by atoms with Crippen LogP contribution in [0.3, 0.4) is 0 Å². The predicted molar refractivity (Wildman–Crippen MR) is 134 cm³/mol. The van der Waals surface area contributed by atoms with Gasteiger partial charge >= 0.3 is 7.82 Å². The highest BCUT2D eigenvalue weighted by Gasteiger charge is 2.65. The van der Waals surface area contributed by atoms with Gasteiger partial charge < -0.3 is 28.2 Å². The molecule has 0 N–H and O–H groups in total. The molecular formula is C24H37O12PS. The van der Waals surface area contributed by atoms with Crippen LogP contribution in [0.25, 0.3) is 0 Å². The van der Waals surface area contributed by atoms with E-state index in [1.807, 2.05) is 13.8 Å². The zero-order chi connectivity index (χ0) is 28.1. The number of rotatable bonds is 10. The van der Waals surface area contributed by atoms with Gasteiger partial charge in [-0.15, -0.1) is 0 Å². The monoisotopic (exact) mass is 580 g/mol. The van der Waals surface area contributed by atoms with E-state index in [0.29, 0.717) is 5.56 Å². The summed E-state index contributed by atoms with van der Waals surface area (Å²) in [5.74, 6) is -1.76. The Kier molecular flexibility index (Phi) is 8.40. The van der Waals surface area contributed by atoms with Crippen LogP contribution in [0, 0.1) is 0 Å². The van der Waals surface area contributed by atoms with E-state index in [0.717, 1.165) is 6.26 Å². The topological polar surface area (TPSA) is 134 Å². The van der Waals surface area contributed by atoms with Gasteiger partial charge in [0.1, 0.15) is 42.4 Å². The summed E-state index contributed by atoms with van der Waals surface area (Å²) in [7, 11) is -6.60. The lowest BCUT2D eigenvalue weighted by Crippen LogP contribution is -2.63. The van der Waals surface area contributed by atoms with Crippen molar-refractivity contribution < 1.29 is 54.4 Å². The van der Waals surface area contributed by atoms with Crippen LogP contribution >= 0.6 is 7.82 Å². The zero-order valence-corrected chi connectivity index (χ0v) is 24.5. The highest BCUT2D eigenvalue weighted by atomic mass is 32.2. The lowest BCUT2D eigenvalue weighted by molar-refractivity contribution is -0.195. The maximum absolute atomic E-state index is 13.7. The molecule has 4 rings (SSSR count). The lowest BCUT2D eigenvalue weighted by atomic mass is 9.85. The second kappa shape index (κ2) is 10.7. The average molecular weight is 581 g/mol. The third-order valence-corrected chi connectivity index (χ3v) is 8.04. The first-order valence-electron chi connectivity index (χ1n) is 12.3. The molecule has 0 spiro atoms. The summed E-state index contributed by atoms with van der Waals surface area (Å²) in [4.78, 5) is 0. The Morgan fingerprint density at radius 1 is 0.895 bits per heavy atom. The summed E-state index contributed by atoms with van der Waals surface area (Å²) in [5, 5.41) is 0. The van der Waals surface area contributed by atoms with Crippen LogP contribution in [-0.2, 0) is 58.2 Å². The first-order valence-corrected chi connectivity index (χ1v) is 15.6. The van der Waals surface area contributed by atoms with Crippen LogP contribution in [0.1, 0.15) is 47.1 Å². The number of fused-ring (bicyclic) bond motifs is 2. The number of phosphoric ester groups is 1. The maximum Gasteiger partial charge on any atom is 0.530 e. The summed E-state index contributed by atoms with van der Waals surface area (Å²) < 4.78 is 89.0. The van der Waals surface area contributed by atoms with Crippen LogP contribution in [0.2, 0.25) is 0 Å². The van der Waals surface area contributed by atoms with E-state index in [1.54, 1.807) is 39.8 Å². The Morgan fingerprint density at radius 2 is 1.37 bits per heavy atom. The second-order valence-electron chi connectivity index (χ2n) is 10.7. The third-order valence-electron chi connectivity index (χ3n) is 6.11. The molecule has 1 aromatic carbocycles. The van der Waals surface area contributed by atoms with Gasteiger partial charge in [0.05, 0.1) is 19.0 Å². The van der Waals surface area contributed by atoms with Gasteiger partial charge in [-0.2, -0.15) is 8.42 Å². The first kappa shape index (κ1) is 29.9. The molecule has 1 unspecified atom stereocenters. The third kappa shape index (κ3) is 6.95. The first-order chi connectivity index (χ1) is 17.5. The Morgan fingerprint density at radius 3 is 1.79 bits per heavy atom. The maximum atomic E-state index is 13.7. The minimum absolute atomic E-state index is 0.127. The highest BCUT2D eigenvalue weighted by molar-refractivity contribution is 7.85. The molecule has 38 heavy (non-hydrogen) atoms. The molecule has 0 aromatic heterocycles.